The van der Waals surface area contributed by atoms with Crippen LogP contribution in [0, 0.1) is 5.82 Å². The molecule has 1 saturated heterocycles. The van der Waals surface area contributed by atoms with Crippen molar-refractivity contribution in [2.24, 2.45) is 0 Å². The fourth-order valence-electron chi connectivity index (χ4n) is 3.96. The molecule has 1 N–H and O–H groups in total. The third kappa shape index (κ3) is 3.74. The zero-order chi connectivity index (χ0) is 20.6. The van der Waals surface area contributed by atoms with Gasteiger partial charge in [0.15, 0.2) is 0 Å². The molecule has 4 rings (SSSR count). The van der Waals surface area contributed by atoms with E-state index >= 15 is 0 Å². The van der Waals surface area contributed by atoms with Gasteiger partial charge < -0.3 is 10.2 Å². The molecule has 6 nitrogen and oxygen atoms in total. The van der Waals surface area contributed by atoms with Gasteiger partial charge in [-0.25, -0.2) is 12.8 Å². The number of likely N-dealkylation sites (N-methyl/N-ethyl adjacent to an activating group) is 1. The van der Waals surface area contributed by atoms with Crippen molar-refractivity contribution in [3.63, 3.8) is 0 Å². The van der Waals surface area contributed by atoms with Gasteiger partial charge in [0.2, 0.25) is 10.0 Å². The third-order valence-corrected chi connectivity index (χ3v) is 7.51. The van der Waals surface area contributed by atoms with Gasteiger partial charge in [-0.05, 0) is 62.1 Å². The Kier molecular flexibility index (Phi) is 5.31. The minimum absolute atomic E-state index is 0.108. The van der Waals surface area contributed by atoms with Gasteiger partial charge in [-0.15, -0.1) is 0 Å². The second-order valence-electron chi connectivity index (χ2n) is 7.38. The Hall–Kier alpha value is -2.45. The molecule has 29 heavy (non-hydrogen) atoms. The number of hydrogen-bond donors (Lipinski definition) is 1. The van der Waals surface area contributed by atoms with Crippen LogP contribution in [0.2, 0.25) is 0 Å². The zero-order valence-corrected chi connectivity index (χ0v) is 17.1. The van der Waals surface area contributed by atoms with E-state index in [2.05, 4.69) is 17.1 Å². The molecule has 0 unspecified atom stereocenters. The van der Waals surface area contributed by atoms with Crippen LogP contribution in [-0.2, 0) is 16.4 Å². The van der Waals surface area contributed by atoms with Crippen molar-refractivity contribution in [2.75, 3.05) is 36.4 Å². The summed E-state index contributed by atoms with van der Waals surface area (Å²) >= 11 is 0. The van der Waals surface area contributed by atoms with E-state index in [0.717, 1.165) is 50.2 Å². The van der Waals surface area contributed by atoms with E-state index in [0.29, 0.717) is 18.8 Å². The Morgan fingerprint density at radius 1 is 1.10 bits per heavy atom. The Labute approximate surface area is 170 Å². The van der Waals surface area contributed by atoms with E-state index in [9.17, 15) is 17.6 Å². The minimum atomic E-state index is -3.95. The van der Waals surface area contributed by atoms with Crippen LogP contribution < -0.4 is 10.2 Å². The first-order chi connectivity index (χ1) is 13.9. The molecule has 0 bridgehead atoms. The summed E-state index contributed by atoms with van der Waals surface area (Å²) < 4.78 is 41.0. The molecule has 1 fully saturated rings. The molecule has 2 heterocycles. The van der Waals surface area contributed by atoms with Crippen molar-refractivity contribution in [3.05, 3.63) is 53.3 Å². The summed E-state index contributed by atoms with van der Waals surface area (Å²) in [5.41, 5.74) is 3.08. The monoisotopic (exact) mass is 417 g/mol. The summed E-state index contributed by atoms with van der Waals surface area (Å²) in [4.78, 5) is 14.5. The number of sulfonamides is 1. The van der Waals surface area contributed by atoms with Crippen LogP contribution in [0.15, 0.2) is 41.3 Å². The molecule has 0 atom stereocenters. The van der Waals surface area contributed by atoms with E-state index in [-0.39, 0.29) is 5.56 Å². The van der Waals surface area contributed by atoms with Crippen LogP contribution in [0.3, 0.4) is 0 Å². The number of hydrogen-bond acceptors (Lipinski definition) is 4. The van der Waals surface area contributed by atoms with Gasteiger partial charge in [0.05, 0.1) is 0 Å². The molecule has 2 aliphatic rings. The van der Waals surface area contributed by atoms with Gasteiger partial charge in [0.25, 0.3) is 5.91 Å². The zero-order valence-electron chi connectivity index (χ0n) is 16.3. The van der Waals surface area contributed by atoms with Crippen LogP contribution in [0.5, 0.6) is 0 Å². The van der Waals surface area contributed by atoms with E-state index in [4.69, 9.17) is 0 Å². The molecule has 1 amide bonds. The topological polar surface area (TPSA) is 69.7 Å². The fourth-order valence-corrected chi connectivity index (χ4v) is 5.57. The smallest absolute Gasteiger partial charge is 0.255 e. The lowest BCUT2D eigenvalue weighted by Crippen LogP contribution is -2.29. The highest BCUT2D eigenvalue weighted by Gasteiger charge is 2.30. The fraction of sp³-hybridized carbons (Fsp3) is 0.381. The first kappa shape index (κ1) is 19.8. The summed E-state index contributed by atoms with van der Waals surface area (Å²) in [5.74, 6) is -1.31. The summed E-state index contributed by atoms with van der Waals surface area (Å²) in [5, 5.41) is 2.80. The number of anilines is 2. The Morgan fingerprint density at radius 2 is 1.86 bits per heavy atom. The second kappa shape index (κ2) is 7.76. The average Bonchev–Trinajstić information content (AvgIpc) is 3.38. The lowest BCUT2D eigenvalue weighted by Gasteiger charge is -2.18. The van der Waals surface area contributed by atoms with E-state index < -0.39 is 26.6 Å². The van der Waals surface area contributed by atoms with Crippen molar-refractivity contribution in [1.29, 1.82) is 0 Å². The maximum atomic E-state index is 14.3. The quantitative estimate of drug-likeness (QED) is 0.811. The number of carbonyl (C=O) groups is 1. The van der Waals surface area contributed by atoms with Crippen LogP contribution >= 0.6 is 0 Å². The van der Waals surface area contributed by atoms with Gasteiger partial charge in [-0.2, -0.15) is 4.31 Å². The maximum absolute atomic E-state index is 14.3. The van der Waals surface area contributed by atoms with Crippen LogP contribution in [-0.4, -0.2) is 44.8 Å². The van der Waals surface area contributed by atoms with Crippen molar-refractivity contribution in [3.8, 4) is 0 Å². The number of fused-ring (bicyclic) bond motifs is 1. The number of carbonyl (C=O) groups excluding carboxylic acids is 1. The Morgan fingerprint density at radius 3 is 2.59 bits per heavy atom. The summed E-state index contributed by atoms with van der Waals surface area (Å²) in [6.07, 6.45) is 2.50. The van der Waals surface area contributed by atoms with Crippen molar-refractivity contribution in [2.45, 2.75) is 31.1 Å². The number of benzene rings is 2. The van der Waals surface area contributed by atoms with Crippen molar-refractivity contribution < 1.29 is 17.6 Å². The van der Waals surface area contributed by atoms with Crippen molar-refractivity contribution >= 4 is 27.3 Å². The molecule has 2 aromatic rings. The SMILES string of the molecule is CCN1CCc2ccc(NC(=O)c3ccc(F)c(S(=O)(=O)N4CCCC4)c3)cc21. The number of nitrogens with one attached hydrogen (secondary N) is 1. The molecule has 0 radical (unpaired) electrons. The lowest BCUT2D eigenvalue weighted by atomic mass is 10.1. The van der Waals surface area contributed by atoms with Gasteiger partial charge >= 0.3 is 0 Å². The Balaban J connectivity index is 1.59. The average molecular weight is 418 g/mol. The van der Waals surface area contributed by atoms with Gasteiger partial charge in [-0.1, -0.05) is 6.07 Å². The van der Waals surface area contributed by atoms with Crippen molar-refractivity contribution in [1.82, 2.24) is 4.31 Å². The highest BCUT2D eigenvalue weighted by Crippen LogP contribution is 2.31. The molecule has 0 aliphatic carbocycles. The summed E-state index contributed by atoms with van der Waals surface area (Å²) in [6.45, 7) is 4.68. The predicted molar refractivity (Wildman–Crippen MR) is 110 cm³/mol. The summed E-state index contributed by atoms with van der Waals surface area (Å²) in [6, 6.07) is 9.23. The molecule has 154 valence electrons. The molecule has 8 heteroatoms. The standard InChI is InChI=1S/C21H24FN3O3S/c1-2-24-12-9-15-5-7-17(14-19(15)24)23-21(26)16-6-8-18(22)20(13-16)29(27,28)25-10-3-4-11-25/h5-8,13-14H,2-4,9-12H2,1H3,(H,23,26). The van der Waals surface area contributed by atoms with Crippen LogP contribution in [0.1, 0.15) is 35.7 Å². The molecule has 2 aromatic carbocycles. The number of nitrogens with zero attached hydrogens (tertiary/aromatic N) is 2. The first-order valence-corrected chi connectivity index (χ1v) is 11.3. The number of rotatable bonds is 5. The van der Waals surface area contributed by atoms with Crippen LogP contribution in [0.25, 0.3) is 0 Å². The third-order valence-electron chi connectivity index (χ3n) is 5.59. The van der Waals surface area contributed by atoms with Crippen LogP contribution in [0.4, 0.5) is 15.8 Å². The van der Waals surface area contributed by atoms with Gasteiger partial charge in [0.1, 0.15) is 10.7 Å². The van der Waals surface area contributed by atoms with Gasteiger partial charge in [-0.3, -0.25) is 4.79 Å². The van der Waals surface area contributed by atoms with Gasteiger partial charge in [0, 0.05) is 43.1 Å². The first-order valence-electron chi connectivity index (χ1n) is 9.89. The highest BCUT2D eigenvalue weighted by atomic mass is 32.2. The molecule has 0 saturated carbocycles. The molecule has 0 aromatic heterocycles. The molecule has 0 spiro atoms. The second-order valence-corrected chi connectivity index (χ2v) is 9.29. The van der Waals surface area contributed by atoms with E-state index in [1.165, 1.54) is 15.9 Å². The summed E-state index contributed by atoms with van der Waals surface area (Å²) in [7, 11) is -3.95. The predicted octanol–water partition coefficient (Wildman–Crippen LogP) is 3.24. The highest BCUT2D eigenvalue weighted by molar-refractivity contribution is 7.89. The van der Waals surface area contributed by atoms with E-state index in [1.807, 2.05) is 18.2 Å². The van der Waals surface area contributed by atoms with E-state index in [1.54, 1.807) is 0 Å². The molecule has 2 aliphatic heterocycles. The maximum Gasteiger partial charge on any atom is 0.255 e. The minimum Gasteiger partial charge on any atom is -0.371 e. The number of amides is 1. The lowest BCUT2D eigenvalue weighted by molar-refractivity contribution is 0.102. The number of halogens is 1. The largest absolute Gasteiger partial charge is 0.371 e. The molecular formula is C21H24FN3O3S. The normalized spacial score (nSPS) is 16.8. The molecular weight excluding hydrogens is 393 g/mol. The Bertz CT molecular complexity index is 1050.